The molecule has 0 bridgehead atoms. The van der Waals surface area contributed by atoms with Gasteiger partial charge in [0, 0.05) is 38.1 Å². The van der Waals surface area contributed by atoms with Crippen molar-refractivity contribution in [3.63, 3.8) is 0 Å². The monoisotopic (exact) mass is 248 g/mol. The van der Waals surface area contributed by atoms with Gasteiger partial charge in [0.05, 0.1) is 0 Å². The topological polar surface area (TPSA) is 82.1 Å². The van der Waals surface area contributed by atoms with E-state index in [1.54, 1.807) is 12.4 Å². The van der Waals surface area contributed by atoms with Gasteiger partial charge in [-0.25, -0.2) is 9.97 Å². The number of anilines is 1. The van der Waals surface area contributed by atoms with Crippen molar-refractivity contribution in [1.82, 2.24) is 14.9 Å². The first kappa shape index (κ1) is 12.8. The zero-order chi connectivity index (χ0) is 13.1. The van der Waals surface area contributed by atoms with E-state index in [9.17, 15) is 0 Å². The fourth-order valence-electron chi connectivity index (χ4n) is 2.41. The predicted octanol–water partition coefficient (Wildman–Crippen LogP) is 0.291. The number of nitrogens with two attached hydrogens (primary N) is 1. The van der Waals surface area contributed by atoms with Crippen molar-refractivity contribution in [3.05, 3.63) is 18.1 Å². The van der Waals surface area contributed by atoms with Crippen LogP contribution in [-0.4, -0.2) is 52.9 Å². The summed E-state index contributed by atoms with van der Waals surface area (Å²) in [6, 6.07) is 0.477. The molecule has 0 spiro atoms. The number of likely N-dealkylation sites (N-methyl/N-ethyl adjacent to an activating group) is 1. The average Bonchev–Trinajstić information content (AvgIpc) is 2.38. The maximum Gasteiger partial charge on any atom is 0.158 e. The number of nitrogens with zero attached hydrogens (tertiary/aromatic N) is 4. The molecule has 1 aromatic heterocycles. The van der Waals surface area contributed by atoms with Crippen LogP contribution in [0.1, 0.15) is 19.5 Å². The predicted molar refractivity (Wildman–Crippen MR) is 72.0 cm³/mol. The average molecular weight is 248 g/mol. The Kier molecular flexibility index (Phi) is 3.76. The van der Waals surface area contributed by atoms with Crippen LogP contribution in [0.3, 0.4) is 0 Å². The first-order chi connectivity index (χ1) is 8.63. The highest BCUT2D eigenvalue weighted by Crippen LogP contribution is 2.19. The summed E-state index contributed by atoms with van der Waals surface area (Å²) < 4.78 is 0. The molecule has 0 amide bonds. The quantitative estimate of drug-likeness (QED) is 0.593. The number of hydrogen-bond donors (Lipinski definition) is 2. The fraction of sp³-hybridized carbons (Fsp3) is 0.583. The highest BCUT2D eigenvalue weighted by atomic mass is 15.3. The number of aromatic nitrogens is 2. The Morgan fingerprint density at radius 2 is 2.17 bits per heavy atom. The van der Waals surface area contributed by atoms with Crippen molar-refractivity contribution in [2.45, 2.75) is 19.9 Å². The molecule has 1 aromatic rings. The van der Waals surface area contributed by atoms with E-state index >= 15 is 0 Å². The van der Waals surface area contributed by atoms with Gasteiger partial charge >= 0.3 is 0 Å². The summed E-state index contributed by atoms with van der Waals surface area (Å²) in [5, 5.41) is 7.56. The molecule has 1 fully saturated rings. The van der Waals surface area contributed by atoms with Gasteiger partial charge in [-0.2, -0.15) is 0 Å². The van der Waals surface area contributed by atoms with Crippen LogP contribution in [0.4, 0.5) is 5.82 Å². The van der Waals surface area contributed by atoms with E-state index in [4.69, 9.17) is 11.1 Å². The van der Waals surface area contributed by atoms with Crippen LogP contribution in [-0.2, 0) is 0 Å². The number of piperazine rings is 1. The van der Waals surface area contributed by atoms with Gasteiger partial charge in [-0.1, -0.05) is 6.92 Å². The summed E-state index contributed by atoms with van der Waals surface area (Å²) in [5.41, 5.74) is 6.03. The van der Waals surface area contributed by atoms with Gasteiger partial charge in [0.25, 0.3) is 0 Å². The number of amidine groups is 1. The van der Waals surface area contributed by atoms with Crippen molar-refractivity contribution in [3.8, 4) is 0 Å². The molecular formula is C12H20N6. The van der Waals surface area contributed by atoms with Crippen molar-refractivity contribution >= 4 is 11.7 Å². The Labute approximate surface area is 107 Å². The zero-order valence-corrected chi connectivity index (χ0v) is 10.9. The SMILES string of the molecule is CCN1CCN(c2nccnc2C(=N)N)CC1C. The molecule has 3 N–H and O–H groups in total. The maximum atomic E-state index is 7.56. The molecule has 0 aromatic carbocycles. The number of hydrogen-bond acceptors (Lipinski definition) is 5. The Morgan fingerprint density at radius 3 is 2.78 bits per heavy atom. The Balaban J connectivity index is 2.20. The fourth-order valence-corrected chi connectivity index (χ4v) is 2.41. The summed E-state index contributed by atoms with van der Waals surface area (Å²) in [6.07, 6.45) is 3.23. The lowest BCUT2D eigenvalue weighted by Gasteiger charge is -2.40. The van der Waals surface area contributed by atoms with E-state index in [0.29, 0.717) is 11.7 Å². The molecule has 6 nitrogen and oxygen atoms in total. The van der Waals surface area contributed by atoms with Gasteiger partial charge in [-0.3, -0.25) is 10.3 Å². The summed E-state index contributed by atoms with van der Waals surface area (Å²) >= 11 is 0. The van der Waals surface area contributed by atoms with E-state index < -0.39 is 0 Å². The van der Waals surface area contributed by atoms with Crippen LogP contribution >= 0.6 is 0 Å². The second-order valence-corrected chi connectivity index (χ2v) is 4.57. The van der Waals surface area contributed by atoms with Crippen molar-refractivity contribution in [1.29, 1.82) is 5.41 Å². The Hall–Kier alpha value is -1.69. The summed E-state index contributed by atoms with van der Waals surface area (Å²) in [5.74, 6) is 0.705. The highest BCUT2D eigenvalue weighted by molar-refractivity contribution is 5.97. The highest BCUT2D eigenvalue weighted by Gasteiger charge is 2.25. The first-order valence-electron chi connectivity index (χ1n) is 6.28. The molecule has 1 saturated heterocycles. The van der Waals surface area contributed by atoms with Gasteiger partial charge in [0.15, 0.2) is 5.82 Å². The summed E-state index contributed by atoms with van der Waals surface area (Å²) in [6.45, 7) is 8.25. The first-order valence-corrected chi connectivity index (χ1v) is 6.28. The minimum Gasteiger partial charge on any atom is -0.382 e. The third-order valence-corrected chi connectivity index (χ3v) is 3.40. The molecule has 6 heteroatoms. The molecule has 18 heavy (non-hydrogen) atoms. The summed E-state index contributed by atoms with van der Waals surface area (Å²) in [7, 11) is 0. The lowest BCUT2D eigenvalue weighted by Crippen LogP contribution is -2.52. The Bertz CT molecular complexity index is 432. The molecule has 98 valence electrons. The normalized spacial score (nSPS) is 21.0. The van der Waals surface area contributed by atoms with E-state index in [-0.39, 0.29) is 5.84 Å². The van der Waals surface area contributed by atoms with Crippen molar-refractivity contribution < 1.29 is 0 Å². The van der Waals surface area contributed by atoms with E-state index in [1.807, 2.05) is 0 Å². The number of nitrogens with one attached hydrogen (secondary N) is 1. The second kappa shape index (κ2) is 5.30. The van der Waals surface area contributed by atoms with Gasteiger partial charge in [0.1, 0.15) is 11.5 Å². The van der Waals surface area contributed by atoms with Crippen LogP contribution in [0.15, 0.2) is 12.4 Å². The van der Waals surface area contributed by atoms with Crippen LogP contribution in [0, 0.1) is 5.41 Å². The molecule has 1 unspecified atom stereocenters. The molecular weight excluding hydrogens is 228 g/mol. The molecule has 1 atom stereocenters. The molecule has 2 heterocycles. The third-order valence-electron chi connectivity index (χ3n) is 3.40. The maximum absolute atomic E-state index is 7.56. The largest absolute Gasteiger partial charge is 0.382 e. The van der Waals surface area contributed by atoms with Crippen LogP contribution in [0.5, 0.6) is 0 Å². The van der Waals surface area contributed by atoms with E-state index in [2.05, 4.69) is 33.6 Å². The van der Waals surface area contributed by atoms with Gasteiger partial charge in [-0.15, -0.1) is 0 Å². The molecule has 1 aliphatic heterocycles. The lowest BCUT2D eigenvalue weighted by molar-refractivity contribution is 0.199. The van der Waals surface area contributed by atoms with Crippen LogP contribution in [0.25, 0.3) is 0 Å². The number of nitrogen functional groups attached to an aromatic ring is 1. The van der Waals surface area contributed by atoms with Gasteiger partial charge < -0.3 is 10.6 Å². The van der Waals surface area contributed by atoms with Crippen molar-refractivity contribution in [2.75, 3.05) is 31.1 Å². The van der Waals surface area contributed by atoms with Crippen LogP contribution in [0.2, 0.25) is 0 Å². The Morgan fingerprint density at radius 1 is 1.44 bits per heavy atom. The van der Waals surface area contributed by atoms with E-state index in [1.165, 1.54) is 0 Å². The van der Waals surface area contributed by atoms with Crippen molar-refractivity contribution in [2.24, 2.45) is 5.73 Å². The zero-order valence-electron chi connectivity index (χ0n) is 10.9. The van der Waals surface area contributed by atoms with E-state index in [0.717, 1.165) is 32.0 Å². The standard InChI is InChI=1S/C12H20N6/c1-3-17-6-7-18(8-9(17)2)12-10(11(13)14)15-4-5-16-12/h4-5,9H,3,6-8H2,1-2H3,(H3,13,14). The molecule has 0 aliphatic carbocycles. The molecule has 2 rings (SSSR count). The van der Waals surface area contributed by atoms with Gasteiger partial charge in [0.2, 0.25) is 0 Å². The van der Waals surface area contributed by atoms with Gasteiger partial charge in [-0.05, 0) is 13.5 Å². The molecule has 0 saturated carbocycles. The minimum absolute atomic E-state index is 0.0244. The number of rotatable bonds is 3. The van der Waals surface area contributed by atoms with Crippen LogP contribution < -0.4 is 10.6 Å². The molecule has 0 radical (unpaired) electrons. The lowest BCUT2D eigenvalue weighted by atomic mass is 10.2. The summed E-state index contributed by atoms with van der Waals surface area (Å²) in [4.78, 5) is 13.1. The second-order valence-electron chi connectivity index (χ2n) is 4.57. The smallest absolute Gasteiger partial charge is 0.158 e. The molecule has 1 aliphatic rings. The minimum atomic E-state index is -0.0244. The third kappa shape index (κ3) is 2.43.